The third-order valence-electron chi connectivity index (χ3n) is 2.28. The lowest BCUT2D eigenvalue weighted by Crippen LogP contribution is -2.12. The summed E-state index contributed by atoms with van der Waals surface area (Å²) in [6, 6.07) is 1.95. The van der Waals surface area contributed by atoms with Gasteiger partial charge >= 0.3 is 5.97 Å². The molecule has 0 bridgehead atoms. The van der Waals surface area contributed by atoms with Crippen molar-refractivity contribution in [2.45, 2.75) is 12.8 Å². The fraction of sp³-hybridized carbons (Fsp3) is 0.333. The number of carbonyl (C=O) groups is 1. The maximum absolute atomic E-state index is 10.7. The van der Waals surface area contributed by atoms with Gasteiger partial charge < -0.3 is 5.11 Å². The number of aromatic nitrogens is 1. The van der Waals surface area contributed by atoms with Crippen LogP contribution in [0.15, 0.2) is 16.7 Å². The molecule has 1 N–H and O–H groups in total. The summed E-state index contributed by atoms with van der Waals surface area (Å²) < 4.78 is 0.914. The van der Waals surface area contributed by atoms with E-state index in [4.69, 9.17) is 5.11 Å². The van der Waals surface area contributed by atoms with E-state index in [0.29, 0.717) is 12.8 Å². The highest BCUT2D eigenvalue weighted by Crippen LogP contribution is 2.27. The Labute approximate surface area is 96.1 Å². The molecule has 14 heavy (non-hydrogen) atoms. The second-order valence-corrected chi connectivity index (χ2v) is 4.12. The van der Waals surface area contributed by atoms with Crippen molar-refractivity contribution in [3.63, 3.8) is 0 Å². The van der Waals surface area contributed by atoms with E-state index in [0.717, 1.165) is 15.7 Å². The first-order valence-electron chi connectivity index (χ1n) is 4.03. The molecule has 1 heterocycles. The summed E-state index contributed by atoms with van der Waals surface area (Å²) >= 11 is 3.31. The quantitative estimate of drug-likeness (QED) is 0.855. The van der Waals surface area contributed by atoms with E-state index in [1.165, 1.54) is 0 Å². The average Bonchev–Trinajstić information content (AvgIpc) is 2.46. The second-order valence-electron chi connectivity index (χ2n) is 3.20. The van der Waals surface area contributed by atoms with E-state index in [-0.39, 0.29) is 18.3 Å². The molecule has 2 rings (SSSR count). The fourth-order valence-electron chi connectivity index (χ4n) is 1.62. The topological polar surface area (TPSA) is 50.2 Å². The zero-order valence-electron chi connectivity index (χ0n) is 7.24. The van der Waals surface area contributed by atoms with Crippen LogP contribution in [0, 0.1) is 5.92 Å². The molecule has 0 aliphatic heterocycles. The van der Waals surface area contributed by atoms with Crippen LogP contribution >= 0.6 is 28.3 Å². The van der Waals surface area contributed by atoms with Crippen LogP contribution in [0.5, 0.6) is 0 Å². The summed E-state index contributed by atoms with van der Waals surface area (Å²) in [5.74, 6) is -1.01. The summed E-state index contributed by atoms with van der Waals surface area (Å²) in [6.07, 6.45) is 2.89. The first-order valence-corrected chi connectivity index (χ1v) is 4.82. The van der Waals surface area contributed by atoms with Gasteiger partial charge in [-0.2, -0.15) is 0 Å². The molecule has 0 saturated heterocycles. The van der Waals surface area contributed by atoms with Gasteiger partial charge in [0.1, 0.15) is 0 Å². The van der Waals surface area contributed by atoms with E-state index in [2.05, 4.69) is 20.9 Å². The van der Waals surface area contributed by atoms with Gasteiger partial charge in [0, 0.05) is 22.8 Å². The second kappa shape index (κ2) is 4.28. The Hall–Kier alpha value is -0.610. The fourth-order valence-corrected chi connectivity index (χ4v) is 1.99. The number of rotatable bonds is 1. The van der Waals surface area contributed by atoms with Crippen LogP contribution in [0.1, 0.15) is 11.3 Å². The predicted molar refractivity (Wildman–Crippen MR) is 57.7 cm³/mol. The number of carboxylic acids is 1. The number of hydrogen-bond acceptors (Lipinski definition) is 2. The minimum Gasteiger partial charge on any atom is -0.481 e. The summed E-state index contributed by atoms with van der Waals surface area (Å²) in [6.45, 7) is 0. The minimum absolute atomic E-state index is 0. The van der Waals surface area contributed by atoms with E-state index in [9.17, 15) is 4.79 Å². The van der Waals surface area contributed by atoms with E-state index in [1.54, 1.807) is 6.20 Å². The van der Waals surface area contributed by atoms with Gasteiger partial charge in [-0.1, -0.05) is 0 Å². The van der Waals surface area contributed by atoms with Gasteiger partial charge in [-0.3, -0.25) is 9.78 Å². The van der Waals surface area contributed by atoms with Crippen LogP contribution in [-0.2, 0) is 17.6 Å². The molecule has 1 aromatic rings. The average molecular weight is 279 g/mol. The molecule has 1 aliphatic rings. The lowest BCUT2D eigenvalue weighted by atomic mass is 10.1. The number of nitrogens with zero attached hydrogens (tertiary/aromatic N) is 1. The molecule has 0 aromatic carbocycles. The monoisotopic (exact) mass is 277 g/mol. The Morgan fingerprint density at radius 1 is 1.57 bits per heavy atom. The van der Waals surface area contributed by atoms with Gasteiger partial charge in [-0.05, 0) is 34.0 Å². The lowest BCUT2D eigenvalue weighted by Gasteiger charge is -1.98. The van der Waals surface area contributed by atoms with Crippen molar-refractivity contribution in [3.05, 3.63) is 28.0 Å². The number of halogens is 2. The van der Waals surface area contributed by atoms with Crippen LogP contribution in [0.2, 0.25) is 0 Å². The zero-order valence-corrected chi connectivity index (χ0v) is 9.64. The van der Waals surface area contributed by atoms with Crippen molar-refractivity contribution in [1.82, 2.24) is 4.98 Å². The third-order valence-corrected chi connectivity index (χ3v) is 2.72. The van der Waals surface area contributed by atoms with Gasteiger partial charge in [0.2, 0.25) is 0 Å². The third kappa shape index (κ3) is 2.07. The van der Waals surface area contributed by atoms with Crippen molar-refractivity contribution in [3.8, 4) is 0 Å². The van der Waals surface area contributed by atoms with Crippen LogP contribution in [0.4, 0.5) is 0 Å². The molecular formula is C9H9BrClNO2. The number of pyridine rings is 1. The van der Waals surface area contributed by atoms with E-state index >= 15 is 0 Å². The molecule has 76 valence electrons. The van der Waals surface area contributed by atoms with Crippen LogP contribution < -0.4 is 0 Å². The molecule has 0 saturated carbocycles. The largest absolute Gasteiger partial charge is 0.481 e. The molecule has 0 fully saturated rings. The predicted octanol–water partition coefficient (Wildman–Crippen LogP) is 2.07. The Bertz CT molecular complexity index is 370. The Balaban J connectivity index is 0.000000980. The van der Waals surface area contributed by atoms with E-state index in [1.807, 2.05) is 6.07 Å². The SMILES string of the molecule is Cl.O=C(O)C1Cc2cc(Br)cnc2C1. The maximum atomic E-state index is 10.7. The Morgan fingerprint density at radius 2 is 2.29 bits per heavy atom. The van der Waals surface area contributed by atoms with Crippen LogP contribution in [0.25, 0.3) is 0 Å². The van der Waals surface area contributed by atoms with Crippen molar-refractivity contribution < 1.29 is 9.90 Å². The summed E-state index contributed by atoms with van der Waals surface area (Å²) in [5, 5.41) is 8.82. The first-order chi connectivity index (χ1) is 6.16. The normalized spacial score (nSPS) is 18.5. The highest BCUT2D eigenvalue weighted by Gasteiger charge is 2.27. The molecule has 5 heteroatoms. The van der Waals surface area contributed by atoms with Gasteiger partial charge in [0.15, 0.2) is 0 Å². The minimum atomic E-state index is -0.728. The molecule has 1 aromatic heterocycles. The number of hydrogen-bond donors (Lipinski definition) is 1. The van der Waals surface area contributed by atoms with Gasteiger partial charge in [0.05, 0.1) is 5.92 Å². The highest BCUT2D eigenvalue weighted by atomic mass is 79.9. The van der Waals surface area contributed by atoms with Crippen molar-refractivity contribution in [1.29, 1.82) is 0 Å². The molecule has 1 aliphatic carbocycles. The molecule has 1 atom stereocenters. The number of fused-ring (bicyclic) bond motifs is 1. The molecule has 1 unspecified atom stereocenters. The standard InChI is InChI=1S/C9H8BrNO2.ClH/c10-7-2-5-1-6(9(12)13)3-8(5)11-4-7;/h2,4,6H,1,3H2,(H,12,13);1H. The van der Waals surface area contributed by atoms with Crippen LogP contribution in [0.3, 0.4) is 0 Å². The lowest BCUT2D eigenvalue weighted by molar-refractivity contribution is -0.141. The summed E-state index contributed by atoms with van der Waals surface area (Å²) in [4.78, 5) is 14.9. The van der Waals surface area contributed by atoms with E-state index < -0.39 is 5.97 Å². The zero-order chi connectivity index (χ0) is 9.42. The molecule has 0 radical (unpaired) electrons. The molecular weight excluding hydrogens is 269 g/mol. The summed E-state index contributed by atoms with van der Waals surface area (Å²) in [7, 11) is 0. The number of aliphatic carboxylic acids is 1. The molecule has 0 spiro atoms. The van der Waals surface area contributed by atoms with Gasteiger partial charge in [-0.15, -0.1) is 12.4 Å². The van der Waals surface area contributed by atoms with Crippen molar-refractivity contribution >= 4 is 34.3 Å². The van der Waals surface area contributed by atoms with Crippen LogP contribution in [-0.4, -0.2) is 16.1 Å². The summed E-state index contributed by atoms with van der Waals surface area (Å²) in [5.41, 5.74) is 1.98. The van der Waals surface area contributed by atoms with Crippen molar-refractivity contribution in [2.24, 2.45) is 5.92 Å². The maximum Gasteiger partial charge on any atom is 0.307 e. The first kappa shape index (κ1) is 11.5. The number of carboxylic acid groups (broad SMARTS) is 1. The smallest absolute Gasteiger partial charge is 0.307 e. The molecule has 3 nitrogen and oxygen atoms in total. The Kier molecular flexibility index (Phi) is 3.50. The van der Waals surface area contributed by atoms with Gasteiger partial charge in [-0.25, -0.2) is 0 Å². The molecule has 0 amide bonds. The van der Waals surface area contributed by atoms with Crippen molar-refractivity contribution in [2.75, 3.05) is 0 Å². The van der Waals surface area contributed by atoms with Gasteiger partial charge in [0.25, 0.3) is 0 Å². The Morgan fingerprint density at radius 3 is 2.93 bits per heavy atom. The highest BCUT2D eigenvalue weighted by molar-refractivity contribution is 9.10.